The van der Waals surface area contributed by atoms with Crippen LogP contribution in [0.15, 0.2) is 30.6 Å². The summed E-state index contributed by atoms with van der Waals surface area (Å²) >= 11 is 5.83. The molecule has 0 aliphatic rings. The SMILES string of the molecule is COCC(NC(C(=O)OC)c1ccc(F)c(Cl)c1)c1cnn(C)c1. The van der Waals surface area contributed by atoms with Gasteiger partial charge in [0.2, 0.25) is 0 Å². The smallest absolute Gasteiger partial charge is 0.327 e. The summed E-state index contributed by atoms with van der Waals surface area (Å²) in [7, 11) is 4.65. The zero-order valence-corrected chi connectivity index (χ0v) is 14.4. The highest BCUT2D eigenvalue weighted by atomic mass is 35.5. The number of hydrogen-bond donors (Lipinski definition) is 1. The Hall–Kier alpha value is -1.96. The van der Waals surface area contributed by atoms with Crippen molar-refractivity contribution < 1.29 is 18.7 Å². The lowest BCUT2D eigenvalue weighted by atomic mass is 10.0. The molecule has 6 nitrogen and oxygen atoms in total. The van der Waals surface area contributed by atoms with Crippen LogP contribution in [0.2, 0.25) is 5.02 Å². The predicted octanol–water partition coefficient (Wildman–Crippen LogP) is 2.40. The summed E-state index contributed by atoms with van der Waals surface area (Å²) < 4.78 is 25.1. The molecule has 1 N–H and O–H groups in total. The van der Waals surface area contributed by atoms with Crippen molar-refractivity contribution in [2.45, 2.75) is 12.1 Å². The first-order valence-corrected chi connectivity index (χ1v) is 7.60. The normalized spacial score (nSPS) is 13.5. The van der Waals surface area contributed by atoms with Gasteiger partial charge >= 0.3 is 5.97 Å². The largest absolute Gasteiger partial charge is 0.468 e. The molecule has 0 aliphatic carbocycles. The highest BCUT2D eigenvalue weighted by Crippen LogP contribution is 2.25. The number of carbonyl (C=O) groups excluding carboxylic acids is 1. The third-order valence-electron chi connectivity index (χ3n) is 3.54. The van der Waals surface area contributed by atoms with Crippen LogP contribution in [-0.2, 0) is 21.3 Å². The van der Waals surface area contributed by atoms with Crippen LogP contribution in [0.25, 0.3) is 0 Å². The molecule has 0 saturated carbocycles. The molecule has 0 radical (unpaired) electrons. The van der Waals surface area contributed by atoms with Gasteiger partial charge in [-0.3, -0.25) is 10.00 Å². The zero-order chi connectivity index (χ0) is 17.7. The zero-order valence-electron chi connectivity index (χ0n) is 13.6. The van der Waals surface area contributed by atoms with Crippen molar-refractivity contribution in [3.8, 4) is 0 Å². The first-order valence-electron chi connectivity index (χ1n) is 7.22. The number of carbonyl (C=O) groups is 1. The number of esters is 1. The lowest BCUT2D eigenvalue weighted by Gasteiger charge is -2.23. The maximum absolute atomic E-state index is 13.4. The molecule has 130 valence electrons. The van der Waals surface area contributed by atoms with E-state index in [1.807, 2.05) is 6.20 Å². The number of methoxy groups -OCH3 is 2. The van der Waals surface area contributed by atoms with Crippen molar-refractivity contribution >= 4 is 17.6 Å². The predicted molar refractivity (Wildman–Crippen MR) is 87.1 cm³/mol. The maximum Gasteiger partial charge on any atom is 0.327 e. The standard InChI is InChI=1S/C16H19ClFN3O3/c1-21-8-11(7-19-21)14(9-23-2)20-15(16(22)24-3)10-4-5-13(18)12(17)6-10/h4-8,14-15,20H,9H2,1-3H3. The van der Waals surface area contributed by atoms with E-state index >= 15 is 0 Å². The number of nitrogens with zero attached hydrogens (tertiary/aromatic N) is 2. The van der Waals surface area contributed by atoms with Crippen molar-refractivity contribution in [2.24, 2.45) is 7.05 Å². The molecule has 2 rings (SSSR count). The highest BCUT2D eigenvalue weighted by molar-refractivity contribution is 6.30. The average Bonchev–Trinajstić information content (AvgIpc) is 3.00. The summed E-state index contributed by atoms with van der Waals surface area (Å²) in [5.74, 6) is -1.06. The Bertz CT molecular complexity index is 708. The molecule has 8 heteroatoms. The summed E-state index contributed by atoms with van der Waals surface area (Å²) in [6.45, 7) is 0.314. The Kier molecular flexibility index (Phi) is 6.30. The number of hydrogen-bond acceptors (Lipinski definition) is 5. The molecule has 1 aromatic heterocycles. The van der Waals surface area contributed by atoms with Crippen LogP contribution in [0.1, 0.15) is 23.2 Å². The van der Waals surface area contributed by atoms with E-state index < -0.39 is 17.8 Å². The van der Waals surface area contributed by atoms with Gasteiger partial charge < -0.3 is 9.47 Å². The number of benzene rings is 1. The molecule has 1 aromatic carbocycles. The van der Waals surface area contributed by atoms with E-state index in [1.165, 1.54) is 25.3 Å². The van der Waals surface area contributed by atoms with Gasteiger partial charge in [0.1, 0.15) is 11.9 Å². The molecule has 2 unspecified atom stereocenters. The molecular weight excluding hydrogens is 337 g/mol. The Balaban J connectivity index is 2.32. The molecular formula is C16H19ClFN3O3. The van der Waals surface area contributed by atoms with Gasteiger partial charge in [0.25, 0.3) is 0 Å². The minimum atomic E-state index is -0.826. The second-order valence-corrected chi connectivity index (χ2v) is 5.66. The summed E-state index contributed by atoms with van der Waals surface area (Å²) in [5, 5.41) is 7.23. The van der Waals surface area contributed by atoms with Crippen molar-refractivity contribution in [1.29, 1.82) is 0 Å². The van der Waals surface area contributed by atoms with Gasteiger partial charge in [-0.25, -0.2) is 9.18 Å². The molecule has 2 atom stereocenters. The second kappa shape index (κ2) is 8.23. The van der Waals surface area contributed by atoms with Crippen LogP contribution in [0, 0.1) is 5.82 Å². The summed E-state index contributed by atoms with van der Waals surface area (Å²) in [6.07, 6.45) is 3.51. The first kappa shape index (κ1) is 18.4. The van der Waals surface area contributed by atoms with Crippen LogP contribution in [-0.4, -0.2) is 36.6 Å². The van der Waals surface area contributed by atoms with Crippen LogP contribution in [0.5, 0.6) is 0 Å². The van der Waals surface area contributed by atoms with Crippen LogP contribution < -0.4 is 5.32 Å². The van der Waals surface area contributed by atoms with Gasteiger partial charge in [0.15, 0.2) is 0 Å². The summed E-state index contributed by atoms with van der Waals surface area (Å²) in [6, 6.07) is 2.97. The second-order valence-electron chi connectivity index (χ2n) is 5.25. The maximum atomic E-state index is 13.4. The highest BCUT2D eigenvalue weighted by Gasteiger charge is 2.26. The molecule has 0 spiro atoms. The molecule has 24 heavy (non-hydrogen) atoms. The van der Waals surface area contributed by atoms with Crippen molar-refractivity contribution in [2.75, 3.05) is 20.8 Å². The quantitative estimate of drug-likeness (QED) is 0.773. The fourth-order valence-corrected chi connectivity index (χ4v) is 2.53. The van der Waals surface area contributed by atoms with E-state index in [0.717, 1.165) is 5.56 Å². The van der Waals surface area contributed by atoms with E-state index in [0.29, 0.717) is 12.2 Å². The van der Waals surface area contributed by atoms with E-state index in [2.05, 4.69) is 10.4 Å². The van der Waals surface area contributed by atoms with E-state index in [-0.39, 0.29) is 11.1 Å². The number of nitrogens with one attached hydrogen (secondary N) is 1. The summed E-state index contributed by atoms with van der Waals surface area (Å²) in [4.78, 5) is 12.2. The van der Waals surface area contributed by atoms with Crippen molar-refractivity contribution in [3.63, 3.8) is 0 Å². The molecule has 1 heterocycles. The average molecular weight is 356 g/mol. The molecule has 0 bridgehead atoms. The fraction of sp³-hybridized carbons (Fsp3) is 0.375. The van der Waals surface area contributed by atoms with Gasteiger partial charge in [0.05, 0.1) is 31.0 Å². The van der Waals surface area contributed by atoms with Crippen molar-refractivity contribution in [3.05, 3.63) is 52.6 Å². The molecule has 0 fully saturated rings. The number of halogens is 2. The lowest BCUT2D eigenvalue weighted by molar-refractivity contribution is -0.143. The van der Waals surface area contributed by atoms with Crippen LogP contribution in [0.3, 0.4) is 0 Å². The third kappa shape index (κ3) is 4.31. The first-order chi connectivity index (χ1) is 11.5. The van der Waals surface area contributed by atoms with E-state index in [1.54, 1.807) is 25.0 Å². The van der Waals surface area contributed by atoms with Gasteiger partial charge in [-0.05, 0) is 17.7 Å². The number of ether oxygens (including phenoxy) is 2. The number of aromatic nitrogens is 2. The topological polar surface area (TPSA) is 65.4 Å². The number of rotatable bonds is 7. The number of aryl methyl sites for hydroxylation is 1. The minimum Gasteiger partial charge on any atom is -0.468 e. The Morgan fingerprint density at radius 2 is 2.17 bits per heavy atom. The Morgan fingerprint density at radius 1 is 1.42 bits per heavy atom. The van der Waals surface area contributed by atoms with Gasteiger partial charge in [-0.1, -0.05) is 17.7 Å². The van der Waals surface area contributed by atoms with Gasteiger partial charge in [-0.15, -0.1) is 0 Å². The van der Waals surface area contributed by atoms with Crippen LogP contribution in [0.4, 0.5) is 4.39 Å². The fourth-order valence-electron chi connectivity index (χ4n) is 2.34. The summed E-state index contributed by atoms with van der Waals surface area (Å²) in [5.41, 5.74) is 1.35. The molecule has 0 amide bonds. The van der Waals surface area contributed by atoms with Crippen molar-refractivity contribution in [1.82, 2.24) is 15.1 Å². The van der Waals surface area contributed by atoms with Gasteiger partial charge in [0, 0.05) is 25.9 Å². The van der Waals surface area contributed by atoms with Crippen LogP contribution >= 0.6 is 11.6 Å². The lowest BCUT2D eigenvalue weighted by Crippen LogP contribution is -2.34. The molecule has 2 aromatic rings. The third-order valence-corrected chi connectivity index (χ3v) is 3.83. The Labute approximate surface area is 144 Å². The minimum absolute atomic E-state index is 0.0622. The monoisotopic (exact) mass is 355 g/mol. The Morgan fingerprint density at radius 3 is 2.71 bits per heavy atom. The van der Waals surface area contributed by atoms with E-state index in [4.69, 9.17) is 21.1 Å². The van der Waals surface area contributed by atoms with Gasteiger partial charge in [-0.2, -0.15) is 5.10 Å². The molecule has 0 saturated heterocycles. The molecule has 0 aliphatic heterocycles. The van der Waals surface area contributed by atoms with E-state index in [9.17, 15) is 9.18 Å².